The summed E-state index contributed by atoms with van der Waals surface area (Å²) in [7, 11) is 1.53. The van der Waals surface area contributed by atoms with E-state index in [2.05, 4.69) is 20.8 Å². The second kappa shape index (κ2) is 6.34. The van der Waals surface area contributed by atoms with Crippen LogP contribution in [0.1, 0.15) is 22.8 Å². The van der Waals surface area contributed by atoms with E-state index < -0.39 is 17.6 Å². The monoisotopic (exact) mass is 331 g/mol. The number of thioether (sulfide) groups is 1. The van der Waals surface area contributed by atoms with Crippen molar-refractivity contribution in [3.63, 3.8) is 0 Å². The lowest BCUT2D eigenvalue weighted by Crippen LogP contribution is -2.17. The van der Waals surface area contributed by atoms with Gasteiger partial charge in [-0.15, -0.1) is 11.8 Å². The smallest absolute Gasteiger partial charge is 0.289 e. The summed E-state index contributed by atoms with van der Waals surface area (Å²) in [6.45, 7) is 1.79. The van der Waals surface area contributed by atoms with Gasteiger partial charge in [-0.1, -0.05) is 12.0 Å². The Morgan fingerprint density at radius 2 is 2.14 bits per heavy atom. The van der Waals surface area contributed by atoms with Crippen LogP contribution in [0.5, 0.6) is 0 Å². The van der Waals surface area contributed by atoms with Gasteiger partial charge in [0.1, 0.15) is 0 Å². The van der Waals surface area contributed by atoms with E-state index in [9.17, 15) is 18.0 Å². The Hall–Kier alpha value is -2.10. The minimum Gasteiger partial charge on any atom is -0.289 e. The number of nitrogens with zero attached hydrogens (tertiary/aromatic N) is 4. The van der Waals surface area contributed by atoms with Crippen LogP contribution in [0.25, 0.3) is 0 Å². The number of alkyl halides is 3. The van der Waals surface area contributed by atoms with Gasteiger partial charge in [0.25, 0.3) is 5.91 Å². The van der Waals surface area contributed by atoms with Crippen LogP contribution in [0, 0.1) is 0 Å². The first kappa shape index (κ1) is 16.3. The maximum Gasteiger partial charge on any atom is 0.416 e. The van der Waals surface area contributed by atoms with Crippen molar-refractivity contribution in [3.05, 3.63) is 29.3 Å². The number of hydrogen-bond donors (Lipinski definition) is 1. The fraction of sp³-hybridized carbons (Fsp3) is 0.333. The molecule has 0 spiro atoms. The average Bonchev–Trinajstić information content (AvgIpc) is 2.83. The lowest BCUT2D eigenvalue weighted by molar-refractivity contribution is -0.137. The summed E-state index contributed by atoms with van der Waals surface area (Å²) in [5.41, 5.74) is -0.650. The molecule has 0 unspecified atom stereocenters. The van der Waals surface area contributed by atoms with E-state index in [1.54, 1.807) is 6.92 Å². The van der Waals surface area contributed by atoms with Crippen molar-refractivity contribution in [1.29, 1.82) is 0 Å². The van der Waals surface area contributed by atoms with Crippen molar-refractivity contribution >= 4 is 23.6 Å². The van der Waals surface area contributed by atoms with Gasteiger partial charge in [-0.3, -0.25) is 10.1 Å². The summed E-state index contributed by atoms with van der Waals surface area (Å²) < 4.78 is 39.5. The number of aryl methyl sites for hydroxylation is 1. The molecule has 0 saturated heterocycles. The highest BCUT2D eigenvalue weighted by molar-refractivity contribution is 7.99. The number of halogens is 3. The molecule has 10 heteroatoms. The number of tetrazole rings is 1. The highest BCUT2D eigenvalue weighted by Gasteiger charge is 2.31. The molecule has 0 fully saturated rings. The van der Waals surface area contributed by atoms with Crippen molar-refractivity contribution < 1.29 is 18.0 Å². The molecule has 2 aromatic rings. The third-order valence-electron chi connectivity index (χ3n) is 2.70. The maximum atomic E-state index is 12.8. The predicted octanol–water partition coefficient (Wildman–Crippen LogP) is 2.59. The summed E-state index contributed by atoms with van der Waals surface area (Å²) in [5.74, 6) is 0.0764. The molecule has 0 radical (unpaired) electrons. The van der Waals surface area contributed by atoms with E-state index >= 15 is 0 Å². The van der Waals surface area contributed by atoms with Gasteiger partial charge in [0.2, 0.25) is 5.95 Å². The van der Waals surface area contributed by atoms with Crippen LogP contribution in [0.3, 0.4) is 0 Å². The molecule has 1 heterocycles. The fourth-order valence-electron chi connectivity index (χ4n) is 1.67. The van der Waals surface area contributed by atoms with Gasteiger partial charge in [0, 0.05) is 11.9 Å². The van der Waals surface area contributed by atoms with Crippen LogP contribution in [-0.2, 0) is 13.2 Å². The van der Waals surface area contributed by atoms with Crippen LogP contribution in [-0.4, -0.2) is 31.9 Å². The number of anilines is 1. The molecule has 1 aromatic carbocycles. The van der Waals surface area contributed by atoms with Crippen molar-refractivity contribution in [2.75, 3.05) is 11.1 Å². The van der Waals surface area contributed by atoms with Crippen molar-refractivity contribution in [3.8, 4) is 0 Å². The number of rotatable bonds is 4. The van der Waals surface area contributed by atoms with Gasteiger partial charge >= 0.3 is 6.18 Å². The fourth-order valence-corrected chi connectivity index (χ4v) is 2.50. The summed E-state index contributed by atoms with van der Waals surface area (Å²) in [4.78, 5) is 12.5. The van der Waals surface area contributed by atoms with Crippen LogP contribution in [0.15, 0.2) is 23.1 Å². The number of amides is 1. The Kier molecular flexibility index (Phi) is 4.69. The molecule has 2 rings (SSSR count). The first-order valence-electron chi connectivity index (χ1n) is 6.20. The molecule has 22 heavy (non-hydrogen) atoms. The van der Waals surface area contributed by atoms with E-state index in [1.807, 2.05) is 0 Å². The van der Waals surface area contributed by atoms with E-state index in [-0.39, 0.29) is 16.4 Å². The molecule has 0 atom stereocenters. The zero-order valence-corrected chi connectivity index (χ0v) is 12.5. The number of aromatic nitrogens is 4. The highest BCUT2D eigenvalue weighted by atomic mass is 32.2. The summed E-state index contributed by atoms with van der Waals surface area (Å²) >= 11 is 1.16. The Morgan fingerprint density at radius 1 is 1.41 bits per heavy atom. The quantitative estimate of drug-likeness (QED) is 0.872. The van der Waals surface area contributed by atoms with E-state index in [4.69, 9.17) is 0 Å². The molecule has 0 aliphatic carbocycles. The number of hydrogen-bond acceptors (Lipinski definition) is 5. The Bertz CT molecular complexity index is 686. The van der Waals surface area contributed by atoms with Gasteiger partial charge in [0.05, 0.1) is 11.1 Å². The normalized spacial score (nSPS) is 11.5. The van der Waals surface area contributed by atoms with Crippen molar-refractivity contribution in [2.45, 2.75) is 18.0 Å². The van der Waals surface area contributed by atoms with Crippen molar-refractivity contribution in [1.82, 2.24) is 20.2 Å². The molecule has 118 valence electrons. The number of carbonyl (C=O) groups excluding carboxylic acids is 1. The second-order valence-electron chi connectivity index (χ2n) is 4.22. The van der Waals surface area contributed by atoms with Crippen LogP contribution >= 0.6 is 11.8 Å². The minimum atomic E-state index is -4.45. The van der Waals surface area contributed by atoms with Gasteiger partial charge in [-0.05, 0) is 34.4 Å². The van der Waals surface area contributed by atoms with Crippen molar-refractivity contribution in [2.24, 2.45) is 7.05 Å². The highest BCUT2D eigenvalue weighted by Crippen LogP contribution is 2.33. The van der Waals surface area contributed by atoms with E-state index in [0.29, 0.717) is 5.75 Å². The molecular weight excluding hydrogens is 319 g/mol. The number of nitrogens with one attached hydrogen (secondary N) is 1. The molecule has 0 aliphatic heterocycles. The van der Waals surface area contributed by atoms with Gasteiger partial charge < -0.3 is 0 Å². The molecule has 1 amide bonds. The summed E-state index contributed by atoms with van der Waals surface area (Å²) in [5, 5.41) is 13.0. The lowest BCUT2D eigenvalue weighted by Gasteiger charge is -2.12. The third kappa shape index (κ3) is 3.56. The van der Waals surface area contributed by atoms with E-state index in [1.165, 1.54) is 11.7 Å². The van der Waals surface area contributed by atoms with Gasteiger partial charge in [-0.25, -0.2) is 4.68 Å². The molecular formula is C12H12F3N5OS. The molecule has 0 saturated carbocycles. The number of carbonyl (C=O) groups is 1. The molecule has 0 bridgehead atoms. The Morgan fingerprint density at radius 3 is 2.68 bits per heavy atom. The average molecular weight is 331 g/mol. The first-order chi connectivity index (χ1) is 10.3. The molecule has 0 aliphatic rings. The Labute approximate surface area is 128 Å². The molecule has 1 aromatic heterocycles. The van der Waals surface area contributed by atoms with Crippen LogP contribution < -0.4 is 5.32 Å². The Balaban J connectivity index is 2.33. The first-order valence-corrected chi connectivity index (χ1v) is 7.19. The lowest BCUT2D eigenvalue weighted by atomic mass is 10.1. The minimum absolute atomic E-state index is 0.109. The van der Waals surface area contributed by atoms with Gasteiger partial charge in [0.15, 0.2) is 0 Å². The number of benzene rings is 1. The topological polar surface area (TPSA) is 72.7 Å². The van der Waals surface area contributed by atoms with E-state index in [0.717, 1.165) is 30.0 Å². The van der Waals surface area contributed by atoms with Gasteiger partial charge in [-0.2, -0.15) is 13.2 Å². The zero-order valence-electron chi connectivity index (χ0n) is 11.7. The second-order valence-corrected chi connectivity index (χ2v) is 5.53. The SMILES string of the molecule is CCSc1cc(C(F)(F)F)ccc1C(=O)Nc1nnnn1C. The molecule has 6 nitrogen and oxygen atoms in total. The maximum absolute atomic E-state index is 12.8. The van der Waals surface area contributed by atoms with Crippen LogP contribution in [0.4, 0.5) is 19.1 Å². The summed E-state index contributed by atoms with van der Waals surface area (Å²) in [6, 6.07) is 3.00. The van der Waals surface area contributed by atoms with Crippen LogP contribution in [0.2, 0.25) is 0 Å². The molecule has 1 N–H and O–H groups in total. The predicted molar refractivity (Wildman–Crippen MR) is 74.6 cm³/mol. The standard InChI is InChI=1S/C12H12F3N5OS/c1-3-22-9-6-7(12(13,14)15)4-5-8(9)10(21)16-11-17-18-19-20(11)2/h4-6H,3H2,1-2H3,(H,16,17,19,21). The summed E-state index contributed by atoms with van der Waals surface area (Å²) in [6.07, 6.45) is -4.45. The third-order valence-corrected chi connectivity index (χ3v) is 3.64. The largest absolute Gasteiger partial charge is 0.416 e. The zero-order chi connectivity index (χ0) is 16.3.